The van der Waals surface area contributed by atoms with Crippen LogP contribution in [0.3, 0.4) is 0 Å². The summed E-state index contributed by atoms with van der Waals surface area (Å²) in [4.78, 5) is 8.50. The number of aromatic nitrogens is 2. The first-order valence-corrected chi connectivity index (χ1v) is 6.06. The fourth-order valence-electron chi connectivity index (χ4n) is 1.49. The van der Waals surface area contributed by atoms with Crippen LogP contribution in [-0.4, -0.2) is 9.97 Å². The van der Waals surface area contributed by atoms with Crippen LogP contribution in [0.4, 0.5) is 0 Å². The van der Waals surface area contributed by atoms with Gasteiger partial charge in [-0.1, -0.05) is 12.1 Å². The van der Waals surface area contributed by atoms with Gasteiger partial charge in [0.2, 0.25) is 0 Å². The van der Waals surface area contributed by atoms with Crippen LogP contribution in [-0.2, 0) is 0 Å². The summed E-state index contributed by atoms with van der Waals surface area (Å²) in [6, 6.07) is 13.1. The average Bonchev–Trinajstić information content (AvgIpc) is 2.82. The van der Waals surface area contributed by atoms with Gasteiger partial charge in [-0.15, -0.1) is 0 Å². The van der Waals surface area contributed by atoms with Crippen molar-refractivity contribution in [3.05, 3.63) is 48.2 Å². The highest BCUT2D eigenvalue weighted by Crippen LogP contribution is 2.28. The van der Waals surface area contributed by atoms with Crippen LogP contribution in [0.2, 0.25) is 0 Å². The standard InChI is InChI=1S/C13H7N3OS/c14-7-9-5-6-12(15-8-9)18-13-16-10-3-1-2-4-11(10)17-13/h1-6,8H. The van der Waals surface area contributed by atoms with Gasteiger partial charge in [-0.25, -0.2) is 9.97 Å². The van der Waals surface area contributed by atoms with Crippen molar-refractivity contribution in [3.63, 3.8) is 0 Å². The van der Waals surface area contributed by atoms with Crippen molar-refractivity contribution >= 4 is 22.9 Å². The van der Waals surface area contributed by atoms with Crippen molar-refractivity contribution < 1.29 is 4.42 Å². The van der Waals surface area contributed by atoms with Crippen molar-refractivity contribution in [3.8, 4) is 6.07 Å². The van der Waals surface area contributed by atoms with E-state index in [9.17, 15) is 0 Å². The lowest BCUT2D eigenvalue weighted by molar-refractivity contribution is 0.489. The first-order chi connectivity index (χ1) is 8.85. The second kappa shape index (κ2) is 4.51. The summed E-state index contributed by atoms with van der Waals surface area (Å²) < 4.78 is 5.58. The van der Waals surface area contributed by atoms with Crippen LogP contribution in [0.1, 0.15) is 5.56 Å². The van der Waals surface area contributed by atoms with Gasteiger partial charge in [0.25, 0.3) is 5.22 Å². The molecule has 0 saturated carbocycles. The minimum absolute atomic E-state index is 0.539. The van der Waals surface area contributed by atoms with E-state index in [1.54, 1.807) is 12.1 Å². The van der Waals surface area contributed by atoms with Crippen LogP contribution in [0, 0.1) is 11.3 Å². The van der Waals surface area contributed by atoms with Crippen molar-refractivity contribution in [1.29, 1.82) is 5.26 Å². The lowest BCUT2D eigenvalue weighted by atomic mass is 10.3. The molecule has 0 unspecified atom stereocenters. The molecular weight excluding hydrogens is 246 g/mol. The lowest BCUT2D eigenvalue weighted by Crippen LogP contribution is -1.81. The Bertz CT molecular complexity index is 695. The third kappa shape index (κ3) is 2.06. The molecule has 0 saturated heterocycles. The van der Waals surface area contributed by atoms with Crippen molar-refractivity contribution in [1.82, 2.24) is 9.97 Å². The maximum Gasteiger partial charge on any atom is 0.263 e. The Kier molecular flexibility index (Phi) is 2.71. The number of benzene rings is 1. The summed E-state index contributed by atoms with van der Waals surface area (Å²) in [5.74, 6) is 0. The van der Waals surface area contributed by atoms with Crippen molar-refractivity contribution in [2.75, 3.05) is 0 Å². The Morgan fingerprint density at radius 3 is 2.78 bits per heavy atom. The molecule has 0 aliphatic carbocycles. The second-order valence-electron chi connectivity index (χ2n) is 3.55. The summed E-state index contributed by atoms with van der Waals surface area (Å²) in [5.41, 5.74) is 2.12. The van der Waals surface area contributed by atoms with Crippen molar-refractivity contribution in [2.45, 2.75) is 10.2 Å². The van der Waals surface area contributed by atoms with Gasteiger partial charge in [-0.05, 0) is 36.0 Å². The highest BCUT2D eigenvalue weighted by atomic mass is 32.2. The van der Waals surface area contributed by atoms with E-state index < -0.39 is 0 Å². The third-order valence-corrected chi connectivity index (χ3v) is 3.13. The van der Waals surface area contributed by atoms with E-state index in [0.717, 1.165) is 16.1 Å². The minimum atomic E-state index is 0.539. The number of hydrogen-bond acceptors (Lipinski definition) is 5. The molecule has 0 amide bonds. The highest BCUT2D eigenvalue weighted by Gasteiger charge is 2.07. The Labute approximate surface area is 107 Å². The Morgan fingerprint density at radius 1 is 1.17 bits per heavy atom. The zero-order chi connectivity index (χ0) is 12.4. The van der Waals surface area contributed by atoms with Crippen LogP contribution in [0.5, 0.6) is 0 Å². The van der Waals surface area contributed by atoms with Gasteiger partial charge in [0.1, 0.15) is 16.6 Å². The number of nitriles is 1. The zero-order valence-corrected chi connectivity index (χ0v) is 10.0. The van der Waals surface area contributed by atoms with E-state index in [1.165, 1.54) is 18.0 Å². The van der Waals surface area contributed by atoms with E-state index in [4.69, 9.17) is 9.68 Å². The van der Waals surface area contributed by atoms with Crippen LogP contribution < -0.4 is 0 Å². The molecule has 0 aliphatic heterocycles. The molecule has 0 atom stereocenters. The van der Waals surface area contributed by atoms with Gasteiger partial charge in [-0.3, -0.25) is 0 Å². The molecule has 0 bridgehead atoms. The largest absolute Gasteiger partial charge is 0.431 e. The summed E-state index contributed by atoms with van der Waals surface area (Å²) >= 11 is 1.33. The Balaban J connectivity index is 1.89. The number of rotatable bonds is 2. The molecule has 0 N–H and O–H groups in total. The highest BCUT2D eigenvalue weighted by molar-refractivity contribution is 7.99. The van der Waals surface area contributed by atoms with Gasteiger partial charge in [0.05, 0.1) is 5.56 Å². The SMILES string of the molecule is N#Cc1ccc(Sc2nc3ccccc3o2)nc1. The van der Waals surface area contributed by atoms with E-state index in [0.29, 0.717) is 10.8 Å². The molecule has 5 heteroatoms. The summed E-state index contributed by atoms with van der Waals surface area (Å²) in [6.45, 7) is 0. The maximum absolute atomic E-state index is 8.69. The van der Waals surface area contributed by atoms with Gasteiger partial charge in [0, 0.05) is 6.20 Å². The number of fused-ring (bicyclic) bond motifs is 1. The van der Waals surface area contributed by atoms with Crippen molar-refractivity contribution in [2.24, 2.45) is 0 Å². The summed E-state index contributed by atoms with van der Waals surface area (Å²) in [5, 5.41) is 9.99. The smallest absolute Gasteiger partial charge is 0.263 e. The molecular formula is C13H7N3OS. The minimum Gasteiger partial charge on any atom is -0.431 e. The number of para-hydroxylation sites is 2. The molecule has 0 aliphatic rings. The predicted molar refractivity (Wildman–Crippen MR) is 67.1 cm³/mol. The Hall–Kier alpha value is -2.32. The maximum atomic E-state index is 8.69. The first kappa shape index (κ1) is 10.8. The monoisotopic (exact) mass is 253 g/mol. The number of oxazole rings is 1. The van der Waals surface area contributed by atoms with Crippen LogP contribution >= 0.6 is 11.8 Å². The quantitative estimate of drug-likeness (QED) is 0.701. The fourth-order valence-corrected chi connectivity index (χ4v) is 2.19. The fraction of sp³-hybridized carbons (Fsp3) is 0. The predicted octanol–water partition coefficient (Wildman–Crippen LogP) is 3.25. The molecule has 1 aromatic carbocycles. The van der Waals surface area contributed by atoms with Gasteiger partial charge in [-0.2, -0.15) is 5.26 Å². The molecule has 86 valence electrons. The van der Waals surface area contributed by atoms with Crippen LogP contribution in [0.25, 0.3) is 11.1 Å². The molecule has 0 radical (unpaired) electrons. The second-order valence-corrected chi connectivity index (χ2v) is 4.52. The first-order valence-electron chi connectivity index (χ1n) is 5.25. The van der Waals surface area contributed by atoms with Gasteiger partial charge in [0.15, 0.2) is 5.58 Å². The third-order valence-electron chi connectivity index (χ3n) is 2.33. The number of nitrogens with zero attached hydrogens (tertiary/aromatic N) is 3. The average molecular weight is 253 g/mol. The summed E-state index contributed by atoms with van der Waals surface area (Å²) in [6.07, 6.45) is 1.53. The molecule has 0 fully saturated rings. The van der Waals surface area contributed by atoms with Crippen LogP contribution in [0.15, 0.2) is 57.3 Å². The molecule has 0 spiro atoms. The molecule has 2 heterocycles. The number of pyridine rings is 1. The molecule has 3 aromatic rings. The topological polar surface area (TPSA) is 62.7 Å². The molecule has 4 nitrogen and oxygen atoms in total. The molecule has 3 rings (SSSR count). The van der Waals surface area contributed by atoms with E-state index >= 15 is 0 Å². The zero-order valence-electron chi connectivity index (χ0n) is 9.20. The molecule has 2 aromatic heterocycles. The Morgan fingerprint density at radius 2 is 2.06 bits per heavy atom. The van der Waals surface area contributed by atoms with Gasteiger partial charge >= 0.3 is 0 Å². The normalized spacial score (nSPS) is 10.4. The lowest BCUT2D eigenvalue weighted by Gasteiger charge is -1.94. The summed E-state index contributed by atoms with van der Waals surface area (Å²) in [7, 11) is 0. The molecule has 18 heavy (non-hydrogen) atoms. The van der Waals surface area contributed by atoms with E-state index in [2.05, 4.69) is 9.97 Å². The van der Waals surface area contributed by atoms with Gasteiger partial charge < -0.3 is 4.42 Å². The van der Waals surface area contributed by atoms with E-state index in [1.807, 2.05) is 30.3 Å². The van der Waals surface area contributed by atoms with E-state index in [-0.39, 0.29) is 0 Å². The number of hydrogen-bond donors (Lipinski definition) is 0.